The Labute approximate surface area is 175 Å². The molecule has 0 aliphatic heterocycles. The Balaban J connectivity index is 5.06. The van der Waals surface area contributed by atoms with E-state index in [2.05, 4.69) is 0 Å². The van der Waals surface area contributed by atoms with Gasteiger partial charge in [-0.3, -0.25) is 13.6 Å². The van der Waals surface area contributed by atoms with Crippen molar-refractivity contribution in [3.8, 4) is 0 Å². The van der Waals surface area contributed by atoms with Crippen LogP contribution in [0.2, 0.25) is 0 Å². The summed E-state index contributed by atoms with van der Waals surface area (Å²) in [4.78, 5) is 0. The lowest BCUT2D eigenvalue weighted by atomic mass is 10.7. The second kappa shape index (κ2) is 15.6. The average molecular weight is 446 g/mol. The lowest BCUT2D eigenvalue weighted by Crippen LogP contribution is -2.27. The first kappa shape index (κ1) is 28.9. The topological polar surface area (TPSA) is 100 Å². The molecule has 0 saturated heterocycles. The van der Waals surface area contributed by atoms with E-state index >= 15 is 0 Å². The summed E-state index contributed by atoms with van der Waals surface area (Å²) in [6.45, 7) is 16.6. The van der Waals surface area contributed by atoms with Crippen molar-refractivity contribution in [1.82, 2.24) is 0 Å². The summed E-state index contributed by atoms with van der Waals surface area (Å²) >= 11 is 0. The standard InChI is InChI=1S/C18H39O10P/c1-10-20-13(4)23-16(7)26-29(19,27-17(8)24-14(5)21-11-2)28-18(9)25-15(6)22-12-3/h13-18H,10-12H2,1-9H3. The zero-order valence-electron chi connectivity index (χ0n) is 19.1. The molecule has 0 spiro atoms. The minimum absolute atomic E-state index is 0.457. The first-order valence-corrected chi connectivity index (χ1v) is 11.5. The van der Waals surface area contributed by atoms with Crippen LogP contribution >= 0.6 is 7.82 Å². The highest BCUT2D eigenvalue weighted by molar-refractivity contribution is 7.48. The third-order valence-electron chi connectivity index (χ3n) is 3.19. The number of hydrogen-bond acceptors (Lipinski definition) is 10. The molecule has 0 aromatic carbocycles. The minimum atomic E-state index is -4.15. The molecule has 0 amide bonds. The van der Waals surface area contributed by atoms with Crippen LogP contribution in [0.25, 0.3) is 0 Å². The van der Waals surface area contributed by atoms with Crippen LogP contribution in [-0.2, 0) is 46.6 Å². The molecule has 0 aliphatic rings. The average Bonchev–Trinajstić information content (AvgIpc) is 2.53. The molecule has 0 aliphatic carbocycles. The van der Waals surface area contributed by atoms with Gasteiger partial charge in [-0.05, 0) is 62.3 Å². The van der Waals surface area contributed by atoms with E-state index in [0.29, 0.717) is 19.8 Å². The van der Waals surface area contributed by atoms with Crippen LogP contribution in [0, 0.1) is 0 Å². The molecule has 0 saturated carbocycles. The van der Waals surface area contributed by atoms with Crippen LogP contribution in [0.1, 0.15) is 62.3 Å². The number of phosphoric ester groups is 1. The van der Waals surface area contributed by atoms with Crippen LogP contribution in [0.3, 0.4) is 0 Å². The van der Waals surface area contributed by atoms with Gasteiger partial charge < -0.3 is 28.4 Å². The van der Waals surface area contributed by atoms with Gasteiger partial charge in [0.25, 0.3) is 0 Å². The molecule has 0 bridgehead atoms. The molecule has 0 aromatic heterocycles. The molecule has 0 N–H and O–H groups in total. The Morgan fingerprint density at radius 2 is 0.759 bits per heavy atom. The van der Waals surface area contributed by atoms with Gasteiger partial charge in [-0.1, -0.05) is 0 Å². The monoisotopic (exact) mass is 446 g/mol. The quantitative estimate of drug-likeness (QED) is 0.223. The van der Waals surface area contributed by atoms with Crippen molar-refractivity contribution in [3.05, 3.63) is 0 Å². The number of ether oxygens (including phenoxy) is 6. The lowest BCUT2D eigenvalue weighted by molar-refractivity contribution is -0.239. The lowest BCUT2D eigenvalue weighted by Gasteiger charge is -2.29. The highest BCUT2D eigenvalue weighted by Gasteiger charge is 2.36. The second-order valence-corrected chi connectivity index (χ2v) is 7.47. The SMILES string of the molecule is CCOC(C)OC(C)OP(=O)(OC(C)OC(C)OCC)OC(C)OC(C)OCC. The van der Waals surface area contributed by atoms with Gasteiger partial charge in [-0.15, -0.1) is 0 Å². The Morgan fingerprint density at radius 3 is 0.966 bits per heavy atom. The summed E-state index contributed by atoms with van der Waals surface area (Å²) in [5, 5.41) is 0. The fourth-order valence-corrected chi connectivity index (χ4v) is 3.72. The van der Waals surface area contributed by atoms with Crippen LogP contribution in [0.4, 0.5) is 0 Å². The molecule has 11 heteroatoms. The molecule has 10 nitrogen and oxygen atoms in total. The largest absolute Gasteiger partial charge is 0.481 e. The van der Waals surface area contributed by atoms with Crippen molar-refractivity contribution in [1.29, 1.82) is 0 Å². The summed E-state index contributed by atoms with van der Waals surface area (Å²) in [7, 11) is -4.15. The van der Waals surface area contributed by atoms with E-state index in [1.165, 1.54) is 0 Å². The number of hydrogen-bond donors (Lipinski definition) is 0. The Bertz CT molecular complexity index is 391. The molecular weight excluding hydrogens is 407 g/mol. The van der Waals surface area contributed by atoms with Gasteiger partial charge in [0.15, 0.2) is 37.7 Å². The van der Waals surface area contributed by atoms with Crippen LogP contribution in [-0.4, -0.2) is 57.6 Å². The van der Waals surface area contributed by atoms with Gasteiger partial charge in [-0.2, -0.15) is 0 Å². The summed E-state index contributed by atoms with van der Waals surface area (Å²) < 4.78 is 61.9. The molecule has 6 atom stereocenters. The molecule has 0 radical (unpaired) electrons. The number of rotatable bonds is 18. The van der Waals surface area contributed by atoms with Crippen LogP contribution in [0.15, 0.2) is 0 Å². The summed E-state index contributed by atoms with van der Waals surface area (Å²) in [6, 6.07) is 0. The van der Waals surface area contributed by atoms with E-state index < -0.39 is 45.6 Å². The van der Waals surface area contributed by atoms with E-state index in [1.807, 2.05) is 20.8 Å². The van der Waals surface area contributed by atoms with Gasteiger partial charge in [0, 0.05) is 19.8 Å². The van der Waals surface area contributed by atoms with E-state index in [4.69, 9.17) is 42.0 Å². The van der Waals surface area contributed by atoms with Gasteiger partial charge in [-0.25, -0.2) is 4.57 Å². The molecule has 6 unspecified atom stereocenters. The first-order chi connectivity index (χ1) is 13.5. The van der Waals surface area contributed by atoms with Crippen molar-refractivity contribution in [3.63, 3.8) is 0 Å². The highest BCUT2D eigenvalue weighted by atomic mass is 31.2. The van der Waals surface area contributed by atoms with Crippen molar-refractivity contribution < 1.29 is 46.6 Å². The predicted octanol–water partition coefficient (Wildman–Crippen LogP) is 4.38. The fourth-order valence-electron chi connectivity index (χ4n) is 2.33. The normalized spacial score (nSPS) is 20.4. The molecule has 29 heavy (non-hydrogen) atoms. The van der Waals surface area contributed by atoms with Crippen molar-refractivity contribution in [2.45, 2.75) is 100 Å². The zero-order chi connectivity index (χ0) is 22.4. The first-order valence-electron chi connectivity index (χ1n) is 10.0. The fraction of sp³-hybridized carbons (Fsp3) is 1.00. The molecule has 0 heterocycles. The van der Waals surface area contributed by atoms with Crippen LogP contribution < -0.4 is 0 Å². The summed E-state index contributed by atoms with van der Waals surface area (Å²) in [5.41, 5.74) is 0. The molecule has 176 valence electrons. The van der Waals surface area contributed by atoms with Crippen molar-refractivity contribution in [2.24, 2.45) is 0 Å². The van der Waals surface area contributed by atoms with E-state index in [-0.39, 0.29) is 0 Å². The van der Waals surface area contributed by atoms with E-state index in [0.717, 1.165) is 0 Å². The van der Waals surface area contributed by atoms with Gasteiger partial charge in [0.2, 0.25) is 0 Å². The molecule has 0 aromatic rings. The van der Waals surface area contributed by atoms with Gasteiger partial charge in [0.1, 0.15) is 0 Å². The zero-order valence-corrected chi connectivity index (χ0v) is 20.0. The van der Waals surface area contributed by atoms with E-state index in [1.54, 1.807) is 41.5 Å². The van der Waals surface area contributed by atoms with Crippen molar-refractivity contribution >= 4 is 7.82 Å². The molecule has 0 fully saturated rings. The Kier molecular flexibility index (Phi) is 15.6. The highest BCUT2D eigenvalue weighted by Crippen LogP contribution is 2.53. The maximum atomic E-state index is 13.2. The maximum absolute atomic E-state index is 13.2. The van der Waals surface area contributed by atoms with E-state index in [9.17, 15) is 4.57 Å². The second-order valence-electron chi connectivity index (χ2n) is 5.94. The molecular formula is C18H39O10P. The number of phosphoric acid groups is 1. The van der Waals surface area contributed by atoms with Crippen LogP contribution in [0.5, 0.6) is 0 Å². The van der Waals surface area contributed by atoms with Gasteiger partial charge in [0.05, 0.1) is 0 Å². The predicted molar refractivity (Wildman–Crippen MR) is 106 cm³/mol. The minimum Gasteiger partial charge on any atom is -0.353 e. The Morgan fingerprint density at radius 1 is 0.517 bits per heavy atom. The summed E-state index contributed by atoms with van der Waals surface area (Å²) in [6.07, 6.45) is -4.55. The smallest absolute Gasteiger partial charge is 0.353 e. The Hall–Kier alpha value is -0.130. The molecule has 0 rings (SSSR count). The third kappa shape index (κ3) is 14.5. The maximum Gasteiger partial charge on any atom is 0.481 e. The van der Waals surface area contributed by atoms with Gasteiger partial charge >= 0.3 is 7.82 Å². The summed E-state index contributed by atoms with van der Waals surface area (Å²) in [5.74, 6) is 0. The van der Waals surface area contributed by atoms with Crippen molar-refractivity contribution in [2.75, 3.05) is 19.8 Å². The third-order valence-corrected chi connectivity index (χ3v) is 4.85.